The molecule has 0 aliphatic carbocycles. The summed E-state index contributed by atoms with van der Waals surface area (Å²) in [6.07, 6.45) is 30.7. The fourth-order valence-electron chi connectivity index (χ4n) is 4.45. The molecule has 1 rings (SSSR count). The maximum absolute atomic E-state index is 11.9. The van der Waals surface area contributed by atoms with E-state index in [1.165, 1.54) is 111 Å². The minimum atomic E-state index is -0.156. The molecule has 0 heterocycles. The molecule has 0 radical (unpaired) electrons. The van der Waals surface area contributed by atoms with Crippen LogP contribution in [0.15, 0.2) is 30.4 Å². The van der Waals surface area contributed by atoms with Crippen molar-refractivity contribution < 1.29 is 24.1 Å². The maximum atomic E-state index is 11.9. The van der Waals surface area contributed by atoms with Crippen LogP contribution in [0.25, 0.3) is 6.08 Å². The lowest BCUT2D eigenvalue weighted by atomic mass is 10.1. The van der Waals surface area contributed by atoms with Gasteiger partial charge in [-0.25, -0.2) is 0 Å². The Bertz CT molecular complexity index is 759. The van der Waals surface area contributed by atoms with Gasteiger partial charge in [-0.1, -0.05) is 102 Å². The van der Waals surface area contributed by atoms with Crippen LogP contribution >= 0.6 is 0 Å². The third-order valence-electron chi connectivity index (χ3n) is 6.80. The summed E-state index contributed by atoms with van der Waals surface area (Å²) >= 11 is 0. The number of methoxy groups -OCH3 is 2. The van der Waals surface area contributed by atoms with E-state index in [1.807, 2.05) is 6.08 Å². The van der Waals surface area contributed by atoms with Gasteiger partial charge in [-0.2, -0.15) is 0 Å². The molecule has 0 atom stereocenters. The normalized spacial score (nSPS) is 11.4. The average molecular weight is 531 g/mol. The zero-order valence-corrected chi connectivity index (χ0v) is 24.5. The van der Waals surface area contributed by atoms with Gasteiger partial charge in [-0.05, 0) is 55.9 Å². The Morgan fingerprint density at radius 2 is 1.18 bits per heavy atom. The smallest absolute Gasteiger partial charge is 0.306 e. The van der Waals surface area contributed by atoms with Gasteiger partial charge >= 0.3 is 5.97 Å². The molecule has 1 aromatic carbocycles. The van der Waals surface area contributed by atoms with Crippen molar-refractivity contribution in [2.75, 3.05) is 20.8 Å². The van der Waals surface area contributed by atoms with E-state index >= 15 is 0 Å². The largest absolute Gasteiger partial charge is 0.502 e. The standard InChI is InChI=1S/C33H54O5/c1-4-5-6-7-8-9-10-11-12-13-14-15-16-17-18-19-20-21-22-25-32(34)38-26-23-24-29-27-30(36-2)33(35)31(28-29)37-3/h11-12,23-24,27-28,35H,4-10,13-22,25-26H2,1-3H3/b12-11-,24-23+. The SMILES string of the molecule is CCCCCCCC/C=C\CCCCCCCCCCCC(=O)OC/C=C/c1cc(OC)c(O)c(OC)c1. The molecular formula is C33H54O5. The highest BCUT2D eigenvalue weighted by Crippen LogP contribution is 2.37. The van der Waals surface area contributed by atoms with Gasteiger partial charge in [0.2, 0.25) is 5.75 Å². The fraction of sp³-hybridized carbons (Fsp3) is 0.667. The van der Waals surface area contributed by atoms with E-state index < -0.39 is 0 Å². The van der Waals surface area contributed by atoms with Gasteiger partial charge in [0.15, 0.2) is 11.5 Å². The molecule has 0 bridgehead atoms. The Morgan fingerprint density at radius 1 is 0.711 bits per heavy atom. The molecule has 0 fully saturated rings. The van der Waals surface area contributed by atoms with Crippen LogP contribution in [0.1, 0.15) is 128 Å². The number of phenols is 1. The Labute approximate surface area is 232 Å². The molecule has 5 nitrogen and oxygen atoms in total. The molecule has 0 spiro atoms. The fourth-order valence-corrected chi connectivity index (χ4v) is 4.45. The van der Waals surface area contributed by atoms with Gasteiger partial charge in [0.05, 0.1) is 14.2 Å². The summed E-state index contributed by atoms with van der Waals surface area (Å²) in [4.78, 5) is 11.9. The molecule has 216 valence electrons. The summed E-state index contributed by atoms with van der Waals surface area (Å²) in [7, 11) is 2.98. The highest BCUT2D eigenvalue weighted by atomic mass is 16.5. The number of ether oxygens (including phenoxy) is 3. The molecule has 0 saturated heterocycles. The first-order chi connectivity index (χ1) is 18.6. The van der Waals surface area contributed by atoms with Crippen molar-refractivity contribution in [1.29, 1.82) is 0 Å². The first-order valence-electron chi connectivity index (χ1n) is 15.0. The van der Waals surface area contributed by atoms with Crippen LogP contribution in [0.3, 0.4) is 0 Å². The lowest BCUT2D eigenvalue weighted by Gasteiger charge is -2.09. The molecule has 1 N–H and O–H groups in total. The number of phenolic OH excluding ortho intramolecular Hbond substituents is 1. The number of allylic oxidation sites excluding steroid dienone is 2. The second kappa shape index (κ2) is 23.7. The van der Waals surface area contributed by atoms with Crippen molar-refractivity contribution in [3.05, 3.63) is 35.9 Å². The topological polar surface area (TPSA) is 65.0 Å². The van der Waals surface area contributed by atoms with E-state index in [0.29, 0.717) is 17.9 Å². The van der Waals surface area contributed by atoms with Crippen LogP contribution in [0.5, 0.6) is 17.2 Å². The first-order valence-corrected chi connectivity index (χ1v) is 15.0. The molecule has 0 amide bonds. The molecule has 5 heteroatoms. The Balaban J connectivity index is 1.93. The molecule has 0 aromatic heterocycles. The summed E-state index contributed by atoms with van der Waals surface area (Å²) in [5.74, 6) is 0.484. The van der Waals surface area contributed by atoms with Gasteiger partial charge in [0.1, 0.15) is 6.61 Å². The number of rotatable bonds is 24. The summed E-state index contributed by atoms with van der Waals surface area (Å²) in [6.45, 7) is 2.49. The molecular weight excluding hydrogens is 476 g/mol. The number of unbranched alkanes of at least 4 members (excludes halogenated alkanes) is 15. The number of aromatic hydroxyl groups is 1. The zero-order valence-electron chi connectivity index (χ0n) is 24.5. The van der Waals surface area contributed by atoms with Crippen LogP contribution in [-0.2, 0) is 9.53 Å². The number of hydrogen-bond acceptors (Lipinski definition) is 5. The van der Waals surface area contributed by atoms with Crippen molar-refractivity contribution in [3.63, 3.8) is 0 Å². The van der Waals surface area contributed by atoms with Crippen LogP contribution in [0.4, 0.5) is 0 Å². The van der Waals surface area contributed by atoms with E-state index in [4.69, 9.17) is 14.2 Å². The number of carbonyl (C=O) groups excluding carboxylic acids is 1. The molecule has 0 aliphatic heterocycles. The van der Waals surface area contributed by atoms with Gasteiger partial charge in [0.25, 0.3) is 0 Å². The Kier molecular flexibility index (Phi) is 20.9. The number of hydrogen-bond donors (Lipinski definition) is 1. The number of benzene rings is 1. The number of esters is 1. The van der Waals surface area contributed by atoms with Crippen LogP contribution < -0.4 is 9.47 Å². The van der Waals surface area contributed by atoms with Crippen molar-refractivity contribution in [2.45, 2.75) is 122 Å². The Hall–Kier alpha value is -2.43. The minimum Gasteiger partial charge on any atom is -0.502 e. The molecule has 0 unspecified atom stereocenters. The third-order valence-corrected chi connectivity index (χ3v) is 6.80. The van der Waals surface area contributed by atoms with Crippen LogP contribution in [-0.4, -0.2) is 31.9 Å². The minimum absolute atomic E-state index is 0.0316. The van der Waals surface area contributed by atoms with Gasteiger partial charge in [-0.3, -0.25) is 4.79 Å². The van der Waals surface area contributed by atoms with Crippen molar-refractivity contribution in [3.8, 4) is 17.2 Å². The summed E-state index contributed by atoms with van der Waals surface area (Å²) < 4.78 is 15.6. The highest BCUT2D eigenvalue weighted by molar-refractivity contribution is 5.69. The quantitative estimate of drug-likeness (QED) is 0.0819. The van der Waals surface area contributed by atoms with E-state index in [9.17, 15) is 9.90 Å². The molecule has 0 saturated carbocycles. The molecule has 0 aliphatic rings. The predicted octanol–water partition coefficient (Wildman–Crippen LogP) is 9.56. The van der Waals surface area contributed by atoms with Crippen LogP contribution in [0.2, 0.25) is 0 Å². The molecule has 38 heavy (non-hydrogen) atoms. The van der Waals surface area contributed by atoms with E-state index in [0.717, 1.165) is 18.4 Å². The highest BCUT2D eigenvalue weighted by Gasteiger charge is 2.09. The molecule has 1 aromatic rings. The van der Waals surface area contributed by atoms with Crippen molar-refractivity contribution in [1.82, 2.24) is 0 Å². The maximum Gasteiger partial charge on any atom is 0.306 e. The van der Waals surface area contributed by atoms with Crippen molar-refractivity contribution in [2.24, 2.45) is 0 Å². The second-order valence-corrected chi connectivity index (χ2v) is 10.1. The summed E-state index contributed by atoms with van der Waals surface area (Å²) in [5.41, 5.74) is 0.795. The predicted molar refractivity (Wildman–Crippen MR) is 159 cm³/mol. The average Bonchev–Trinajstić information content (AvgIpc) is 2.93. The van der Waals surface area contributed by atoms with Gasteiger partial charge in [-0.15, -0.1) is 0 Å². The van der Waals surface area contributed by atoms with Crippen molar-refractivity contribution >= 4 is 12.0 Å². The first kappa shape index (κ1) is 33.6. The van der Waals surface area contributed by atoms with E-state index in [2.05, 4.69) is 19.1 Å². The van der Waals surface area contributed by atoms with Gasteiger partial charge in [0, 0.05) is 6.42 Å². The van der Waals surface area contributed by atoms with Crippen LogP contribution in [0, 0.1) is 0 Å². The Morgan fingerprint density at radius 3 is 1.68 bits per heavy atom. The summed E-state index contributed by atoms with van der Waals surface area (Å²) in [6, 6.07) is 3.40. The zero-order chi connectivity index (χ0) is 27.7. The summed E-state index contributed by atoms with van der Waals surface area (Å²) in [5, 5.41) is 9.96. The lowest BCUT2D eigenvalue weighted by Crippen LogP contribution is -2.04. The van der Waals surface area contributed by atoms with Gasteiger partial charge < -0.3 is 19.3 Å². The van der Waals surface area contributed by atoms with E-state index in [1.54, 1.807) is 18.2 Å². The number of carbonyl (C=O) groups is 1. The van der Waals surface area contributed by atoms with E-state index in [-0.39, 0.29) is 18.3 Å². The third kappa shape index (κ3) is 17.1. The monoisotopic (exact) mass is 530 g/mol. The lowest BCUT2D eigenvalue weighted by molar-refractivity contribution is -0.142. The second-order valence-electron chi connectivity index (χ2n) is 10.1.